The third-order valence-corrected chi connectivity index (χ3v) is 4.42. The van der Waals surface area contributed by atoms with Crippen molar-refractivity contribution in [2.24, 2.45) is 0 Å². The number of hydrogen-bond donors (Lipinski definition) is 0. The molecule has 2 rings (SSSR count). The third kappa shape index (κ3) is 3.25. The first-order chi connectivity index (χ1) is 8.72. The highest BCUT2D eigenvalue weighted by Gasteiger charge is 2.24. The van der Waals surface area contributed by atoms with E-state index in [2.05, 4.69) is 34.4 Å². The summed E-state index contributed by atoms with van der Waals surface area (Å²) in [5, 5.41) is 0. The molecule has 1 saturated heterocycles. The molecule has 0 aliphatic carbocycles. The Morgan fingerprint density at radius 1 is 1.28 bits per heavy atom. The number of benzene rings is 1. The molecule has 18 heavy (non-hydrogen) atoms. The van der Waals surface area contributed by atoms with Crippen LogP contribution in [-0.2, 0) is 0 Å². The molecule has 1 aliphatic heterocycles. The normalized spacial score (nSPS) is 20.6. The highest BCUT2D eigenvalue weighted by atomic mass is 127. The van der Waals surface area contributed by atoms with Gasteiger partial charge in [0.2, 0.25) is 0 Å². The van der Waals surface area contributed by atoms with Gasteiger partial charge < -0.3 is 4.90 Å². The summed E-state index contributed by atoms with van der Waals surface area (Å²) < 4.78 is 1.17. The lowest BCUT2D eigenvalue weighted by Gasteiger charge is -2.29. The van der Waals surface area contributed by atoms with Gasteiger partial charge in [0.1, 0.15) is 0 Å². The second-order valence-electron chi connectivity index (χ2n) is 4.92. The second-order valence-corrected chi connectivity index (χ2v) is 6.16. The van der Waals surface area contributed by atoms with Gasteiger partial charge in [0.25, 0.3) is 5.91 Å². The van der Waals surface area contributed by atoms with Crippen molar-refractivity contribution in [3.63, 3.8) is 0 Å². The summed E-state index contributed by atoms with van der Waals surface area (Å²) in [4.78, 5) is 14.6. The average Bonchev–Trinajstić information content (AvgIpc) is 2.63. The molecule has 0 N–H and O–H groups in total. The van der Waals surface area contributed by atoms with E-state index >= 15 is 0 Å². The van der Waals surface area contributed by atoms with Crippen LogP contribution in [0.1, 0.15) is 49.4 Å². The zero-order valence-electron chi connectivity index (χ0n) is 10.9. The summed E-state index contributed by atoms with van der Waals surface area (Å²) >= 11 is 2.27. The SMILES string of the molecule is CCC1CCCCCN1C(=O)c1ccc(I)cc1. The molecule has 1 aromatic carbocycles. The summed E-state index contributed by atoms with van der Waals surface area (Å²) in [5.74, 6) is 0.208. The molecular weight excluding hydrogens is 337 g/mol. The Balaban J connectivity index is 2.17. The fraction of sp³-hybridized carbons (Fsp3) is 0.533. The van der Waals surface area contributed by atoms with Gasteiger partial charge in [-0.25, -0.2) is 0 Å². The van der Waals surface area contributed by atoms with Gasteiger partial charge in [-0.3, -0.25) is 4.79 Å². The van der Waals surface area contributed by atoms with Gasteiger partial charge in [0.15, 0.2) is 0 Å². The highest BCUT2D eigenvalue weighted by Crippen LogP contribution is 2.21. The molecule has 0 bridgehead atoms. The van der Waals surface area contributed by atoms with E-state index in [1.54, 1.807) is 0 Å². The summed E-state index contributed by atoms with van der Waals surface area (Å²) in [6, 6.07) is 8.34. The highest BCUT2D eigenvalue weighted by molar-refractivity contribution is 14.1. The predicted molar refractivity (Wildman–Crippen MR) is 82.7 cm³/mol. The minimum atomic E-state index is 0.208. The Morgan fingerprint density at radius 3 is 2.67 bits per heavy atom. The van der Waals surface area contributed by atoms with Crippen LogP contribution in [0.5, 0.6) is 0 Å². The van der Waals surface area contributed by atoms with Crippen LogP contribution in [0.25, 0.3) is 0 Å². The van der Waals surface area contributed by atoms with Gasteiger partial charge in [-0.2, -0.15) is 0 Å². The standard InChI is InChI=1S/C15H20INO/c1-2-14-6-4-3-5-11-17(14)15(18)12-7-9-13(16)10-8-12/h7-10,14H,2-6,11H2,1H3. The maximum atomic E-state index is 12.6. The summed E-state index contributed by atoms with van der Waals surface area (Å²) in [7, 11) is 0. The summed E-state index contributed by atoms with van der Waals surface area (Å²) in [5.41, 5.74) is 0.829. The van der Waals surface area contributed by atoms with Gasteiger partial charge >= 0.3 is 0 Å². The molecule has 0 saturated carbocycles. The second kappa shape index (κ2) is 6.55. The van der Waals surface area contributed by atoms with E-state index in [1.165, 1.54) is 16.4 Å². The van der Waals surface area contributed by atoms with Crippen LogP contribution in [0.2, 0.25) is 0 Å². The number of halogens is 1. The lowest BCUT2D eigenvalue weighted by atomic mass is 10.1. The molecule has 1 atom stereocenters. The van der Waals surface area contributed by atoms with Crippen molar-refractivity contribution in [1.82, 2.24) is 4.90 Å². The molecule has 3 heteroatoms. The van der Waals surface area contributed by atoms with Gasteiger partial charge in [0.05, 0.1) is 0 Å². The van der Waals surface area contributed by atoms with Crippen LogP contribution in [0, 0.1) is 3.57 Å². The van der Waals surface area contributed by atoms with Crippen molar-refractivity contribution in [3.8, 4) is 0 Å². The molecule has 98 valence electrons. The first-order valence-electron chi connectivity index (χ1n) is 6.79. The van der Waals surface area contributed by atoms with Crippen LogP contribution in [0.3, 0.4) is 0 Å². The largest absolute Gasteiger partial charge is 0.336 e. The number of carbonyl (C=O) groups is 1. The van der Waals surface area contributed by atoms with E-state index in [0.717, 1.165) is 31.4 Å². The Hall–Kier alpha value is -0.580. The van der Waals surface area contributed by atoms with Gasteiger partial charge in [0, 0.05) is 21.7 Å². The Bertz CT molecular complexity index is 401. The van der Waals surface area contributed by atoms with Crippen LogP contribution >= 0.6 is 22.6 Å². The molecule has 1 unspecified atom stereocenters. The molecule has 1 fully saturated rings. The van der Waals surface area contributed by atoms with Crippen molar-refractivity contribution in [2.75, 3.05) is 6.54 Å². The lowest BCUT2D eigenvalue weighted by Crippen LogP contribution is -2.39. The zero-order valence-corrected chi connectivity index (χ0v) is 13.0. The van der Waals surface area contributed by atoms with Gasteiger partial charge in [-0.05, 0) is 66.1 Å². The van der Waals surface area contributed by atoms with E-state index in [4.69, 9.17) is 0 Å². The van der Waals surface area contributed by atoms with E-state index in [-0.39, 0.29) is 5.91 Å². The number of amides is 1. The van der Waals surface area contributed by atoms with Gasteiger partial charge in [-0.15, -0.1) is 0 Å². The van der Waals surface area contributed by atoms with Crippen molar-refractivity contribution < 1.29 is 4.79 Å². The van der Waals surface area contributed by atoms with Gasteiger partial charge in [-0.1, -0.05) is 19.8 Å². The molecule has 1 heterocycles. The minimum absolute atomic E-state index is 0.208. The maximum absolute atomic E-state index is 12.6. The number of likely N-dealkylation sites (tertiary alicyclic amines) is 1. The molecule has 1 aliphatic rings. The number of carbonyl (C=O) groups excluding carboxylic acids is 1. The first-order valence-corrected chi connectivity index (χ1v) is 7.86. The van der Waals surface area contributed by atoms with Crippen molar-refractivity contribution in [1.29, 1.82) is 0 Å². The quantitative estimate of drug-likeness (QED) is 0.731. The van der Waals surface area contributed by atoms with Crippen molar-refractivity contribution >= 4 is 28.5 Å². The number of rotatable bonds is 2. The maximum Gasteiger partial charge on any atom is 0.254 e. The smallest absolute Gasteiger partial charge is 0.254 e. The topological polar surface area (TPSA) is 20.3 Å². The van der Waals surface area contributed by atoms with Crippen molar-refractivity contribution in [3.05, 3.63) is 33.4 Å². The molecule has 1 aromatic rings. The van der Waals surface area contributed by atoms with E-state index < -0.39 is 0 Å². The molecule has 0 aromatic heterocycles. The van der Waals surface area contributed by atoms with E-state index in [9.17, 15) is 4.79 Å². The van der Waals surface area contributed by atoms with Crippen LogP contribution < -0.4 is 0 Å². The van der Waals surface area contributed by atoms with E-state index in [1.807, 2.05) is 24.3 Å². The Kier molecular flexibility index (Phi) is 5.03. The van der Waals surface area contributed by atoms with Crippen molar-refractivity contribution in [2.45, 2.75) is 45.1 Å². The molecule has 2 nitrogen and oxygen atoms in total. The lowest BCUT2D eigenvalue weighted by molar-refractivity contribution is 0.0678. The van der Waals surface area contributed by atoms with Crippen LogP contribution in [0.4, 0.5) is 0 Å². The van der Waals surface area contributed by atoms with Crippen LogP contribution in [0.15, 0.2) is 24.3 Å². The number of hydrogen-bond acceptors (Lipinski definition) is 1. The summed E-state index contributed by atoms with van der Waals surface area (Å²) in [6.45, 7) is 3.10. The average molecular weight is 357 g/mol. The number of nitrogens with zero attached hydrogens (tertiary/aromatic N) is 1. The Morgan fingerprint density at radius 2 is 2.00 bits per heavy atom. The van der Waals surface area contributed by atoms with Crippen LogP contribution in [-0.4, -0.2) is 23.4 Å². The molecule has 0 radical (unpaired) electrons. The predicted octanol–water partition coefficient (Wildman–Crippen LogP) is 4.09. The van der Waals surface area contributed by atoms with E-state index in [0.29, 0.717) is 6.04 Å². The first kappa shape index (κ1) is 13.8. The molecular formula is C15H20INO. The molecule has 0 spiro atoms. The molecule has 1 amide bonds. The summed E-state index contributed by atoms with van der Waals surface area (Å²) in [6.07, 6.45) is 5.89. The minimum Gasteiger partial charge on any atom is -0.336 e. The fourth-order valence-corrected chi connectivity index (χ4v) is 2.99. The fourth-order valence-electron chi connectivity index (χ4n) is 2.63. The third-order valence-electron chi connectivity index (χ3n) is 3.70. The Labute approximate surface area is 123 Å². The monoisotopic (exact) mass is 357 g/mol. The zero-order chi connectivity index (χ0) is 13.0.